The van der Waals surface area contributed by atoms with Gasteiger partial charge in [0.2, 0.25) is 6.86 Å². The van der Waals surface area contributed by atoms with Crippen molar-refractivity contribution in [2.45, 2.75) is 55.4 Å². The minimum Gasteiger partial charge on any atom is -0.461 e. The summed E-state index contributed by atoms with van der Waals surface area (Å²) in [7, 11) is -3.54. The van der Waals surface area contributed by atoms with Crippen LogP contribution in [0.1, 0.15) is 31.4 Å². The molecule has 1 saturated carbocycles. The summed E-state index contributed by atoms with van der Waals surface area (Å²) in [5.74, 6) is 5.67. The van der Waals surface area contributed by atoms with E-state index in [1.807, 2.05) is 6.07 Å². The molecule has 2 aromatic carbocycles. The molecule has 1 aliphatic carbocycles. The third-order valence-electron chi connectivity index (χ3n) is 8.08. The van der Waals surface area contributed by atoms with Gasteiger partial charge in [-0.25, -0.2) is 12.8 Å². The fourth-order valence-corrected chi connectivity index (χ4v) is 6.58. The molecule has 238 valence electrons. The fourth-order valence-electron chi connectivity index (χ4n) is 5.94. The number of hydrogen-bond donors (Lipinski definition) is 2. The number of hydrogen-bond acceptors (Lipinski definition) is 7. The number of alkyl halides is 4. The maximum absolute atomic E-state index is 13.6. The molecule has 0 radical (unpaired) electrons. The van der Waals surface area contributed by atoms with Crippen molar-refractivity contribution in [3.63, 3.8) is 0 Å². The average molecular weight is 637 g/mol. The van der Waals surface area contributed by atoms with Crippen LogP contribution in [0.25, 0.3) is 10.9 Å². The highest BCUT2D eigenvalue weighted by Crippen LogP contribution is 2.33. The van der Waals surface area contributed by atoms with Gasteiger partial charge in [-0.1, -0.05) is 12.0 Å². The number of nitrogens with one attached hydrogen (secondary N) is 2. The monoisotopic (exact) mass is 636 g/mol. The molecule has 2 N–H and O–H groups in total. The number of fused-ring (bicyclic) bond motifs is 1. The Balaban J connectivity index is 1.33. The summed E-state index contributed by atoms with van der Waals surface area (Å²) in [6.45, 7) is 1.07. The Morgan fingerprint density at radius 3 is 2.48 bits per heavy atom. The second kappa shape index (κ2) is 13.7. The van der Waals surface area contributed by atoms with Gasteiger partial charge in [0.05, 0.1) is 41.6 Å². The highest BCUT2D eigenvalue weighted by Gasteiger charge is 2.31. The number of rotatable bonds is 9. The highest BCUT2D eigenvalue weighted by molar-refractivity contribution is 7.90. The molecule has 2 heterocycles. The van der Waals surface area contributed by atoms with Crippen LogP contribution in [-0.4, -0.2) is 82.1 Å². The van der Waals surface area contributed by atoms with Crippen LogP contribution in [-0.2, 0) is 21.1 Å². The first-order valence-electron chi connectivity index (χ1n) is 14.5. The molecule has 0 atom stereocenters. The van der Waals surface area contributed by atoms with Gasteiger partial charge in [-0.3, -0.25) is 4.90 Å². The van der Waals surface area contributed by atoms with Gasteiger partial charge in [-0.2, -0.15) is 13.2 Å². The highest BCUT2D eigenvalue weighted by atomic mass is 32.2. The van der Waals surface area contributed by atoms with E-state index in [9.17, 15) is 26.0 Å². The smallest absolute Gasteiger partial charge is 0.406 e. The molecule has 13 heteroatoms. The number of ether oxygens (including phenoxy) is 2. The summed E-state index contributed by atoms with van der Waals surface area (Å²) >= 11 is 0. The van der Waals surface area contributed by atoms with E-state index in [4.69, 9.17) is 9.47 Å². The summed E-state index contributed by atoms with van der Waals surface area (Å²) in [6, 6.07) is 11.7. The fraction of sp³-hybridized carbons (Fsp3) is 0.484. The summed E-state index contributed by atoms with van der Waals surface area (Å²) in [4.78, 5) is 2.46. The molecule has 1 aromatic heterocycles. The van der Waals surface area contributed by atoms with Crippen LogP contribution in [0.5, 0.6) is 5.75 Å². The van der Waals surface area contributed by atoms with E-state index in [0.29, 0.717) is 22.6 Å². The zero-order valence-corrected chi connectivity index (χ0v) is 25.2. The first-order chi connectivity index (χ1) is 21.0. The van der Waals surface area contributed by atoms with Gasteiger partial charge < -0.3 is 24.7 Å². The van der Waals surface area contributed by atoms with Gasteiger partial charge >= 0.3 is 6.18 Å². The van der Waals surface area contributed by atoms with E-state index in [0.717, 1.165) is 63.9 Å². The quantitative estimate of drug-likeness (QED) is 0.239. The van der Waals surface area contributed by atoms with Gasteiger partial charge in [0.15, 0.2) is 9.84 Å². The molecule has 0 unspecified atom stereocenters. The SMILES string of the molecule is CS(=O)(=O)c1ccc(NCC#Cc2cc3c(N[C@H]4CC[C@@H](N5CCOCC5)CC4)cccc3n2CC(F)(F)F)c(OCF)c1. The minimum atomic E-state index is -4.46. The maximum atomic E-state index is 13.6. The van der Waals surface area contributed by atoms with Gasteiger partial charge in [0.25, 0.3) is 0 Å². The lowest BCUT2D eigenvalue weighted by Crippen LogP contribution is -2.46. The van der Waals surface area contributed by atoms with Crippen molar-refractivity contribution in [1.29, 1.82) is 0 Å². The van der Waals surface area contributed by atoms with E-state index < -0.39 is 29.4 Å². The van der Waals surface area contributed by atoms with Crippen LogP contribution in [0.3, 0.4) is 0 Å². The number of morpholine rings is 1. The molecule has 44 heavy (non-hydrogen) atoms. The molecular formula is C31H36F4N4O4S. The van der Waals surface area contributed by atoms with E-state index >= 15 is 0 Å². The van der Waals surface area contributed by atoms with Crippen molar-refractivity contribution in [3.8, 4) is 17.6 Å². The molecule has 1 saturated heterocycles. The Kier molecular flexibility index (Phi) is 9.92. The molecule has 3 aromatic rings. The van der Waals surface area contributed by atoms with E-state index in [-0.39, 0.29) is 28.9 Å². The summed E-state index contributed by atoms with van der Waals surface area (Å²) < 4.78 is 89.1. The second-order valence-corrected chi connectivity index (χ2v) is 13.1. The van der Waals surface area contributed by atoms with E-state index in [1.54, 1.807) is 18.2 Å². The van der Waals surface area contributed by atoms with Crippen LogP contribution in [0.4, 0.5) is 28.9 Å². The van der Waals surface area contributed by atoms with Crippen LogP contribution >= 0.6 is 0 Å². The van der Waals surface area contributed by atoms with Gasteiger partial charge in [-0.15, -0.1) is 0 Å². The van der Waals surface area contributed by atoms with Crippen molar-refractivity contribution in [3.05, 3.63) is 48.2 Å². The Morgan fingerprint density at radius 2 is 1.80 bits per heavy atom. The Labute approximate surface area is 254 Å². The second-order valence-electron chi connectivity index (χ2n) is 11.1. The van der Waals surface area contributed by atoms with E-state index in [1.165, 1.54) is 22.8 Å². The Bertz CT molecular complexity index is 1620. The third kappa shape index (κ3) is 7.97. The summed E-state index contributed by atoms with van der Waals surface area (Å²) in [5.41, 5.74) is 1.71. The molecule has 0 bridgehead atoms. The normalized spacial score (nSPS) is 19.8. The van der Waals surface area contributed by atoms with Crippen LogP contribution in [0.2, 0.25) is 0 Å². The zero-order chi connectivity index (χ0) is 31.3. The first kappa shape index (κ1) is 31.9. The van der Waals surface area contributed by atoms with Crippen molar-refractivity contribution in [2.75, 3.05) is 56.6 Å². The number of nitrogens with zero attached hydrogens (tertiary/aromatic N) is 2. The largest absolute Gasteiger partial charge is 0.461 e. The van der Waals surface area contributed by atoms with Crippen molar-refractivity contribution >= 4 is 32.1 Å². The maximum Gasteiger partial charge on any atom is 0.406 e. The number of aromatic nitrogens is 1. The van der Waals surface area contributed by atoms with E-state index in [2.05, 4.69) is 27.4 Å². The molecule has 0 spiro atoms. The molecule has 8 nitrogen and oxygen atoms in total. The standard InChI is InChI=1S/C31H36F4N4O4S/c1-44(40,41)25-11-12-28(30(19-25)43-21-32)36-13-3-4-24-18-26-27(5-2-6-29(26)39(24)20-31(33,34)35)37-22-7-9-23(10-8-22)38-14-16-42-17-15-38/h2,5-6,11-12,18-19,22-23,36-37H,7-10,13-17,20-21H2,1H3/t22-,23+. The third-order valence-corrected chi connectivity index (χ3v) is 9.19. The van der Waals surface area contributed by atoms with Crippen LogP contribution in [0, 0.1) is 11.8 Å². The lowest BCUT2D eigenvalue weighted by molar-refractivity contribution is -0.140. The van der Waals surface area contributed by atoms with Gasteiger partial charge in [0, 0.05) is 48.6 Å². The Morgan fingerprint density at radius 1 is 1.05 bits per heavy atom. The Hall–Kier alpha value is -3.47. The topological polar surface area (TPSA) is 84.8 Å². The summed E-state index contributed by atoms with van der Waals surface area (Å²) in [5, 5.41) is 7.18. The summed E-state index contributed by atoms with van der Waals surface area (Å²) in [6.07, 6.45) is 0.627. The molecule has 2 fully saturated rings. The molecule has 1 aliphatic heterocycles. The van der Waals surface area contributed by atoms with Crippen LogP contribution in [0.15, 0.2) is 47.4 Å². The molecular weight excluding hydrogens is 600 g/mol. The number of benzene rings is 2. The first-order valence-corrected chi connectivity index (χ1v) is 16.4. The van der Waals surface area contributed by atoms with Crippen molar-refractivity contribution < 1.29 is 35.5 Å². The molecule has 5 rings (SSSR count). The predicted molar refractivity (Wildman–Crippen MR) is 162 cm³/mol. The number of sulfone groups is 1. The zero-order valence-electron chi connectivity index (χ0n) is 24.4. The van der Waals surface area contributed by atoms with Gasteiger partial charge in [-0.05, 0) is 61.9 Å². The number of halogens is 4. The molecule has 0 amide bonds. The average Bonchev–Trinajstić information content (AvgIpc) is 3.33. The van der Waals surface area contributed by atoms with Crippen molar-refractivity contribution in [1.82, 2.24) is 9.47 Å². The lowest BCUT2D eigenvalue weighted by atomic mass is 9.89. The van der Waals surface area contributed by atoms with Crippen LogP contribution < -0.4 is 15.4 Å². The van der Waals surface area contributed by atoms with Crippen molar-refractivity contribution in [2.24, 2.45) is 0 Å². The predicted octanol–water partition coefficient (Wildman–Crippen LogP) is 5.43. The lowest BCUT2D eigenvalue weighted by Gasteiger charge is -2.39. The number of anilines is 2. The molecule has 2 aliphatic rings. The minimum absolute atomic E-state index is 0.00803. The van der Waals surface area contributed by atoms with Gasteiger partial charge in [0.1, 0.15) is 12.3 Å².